The number of tetrazole rings is 1. The summed E-state index contributed by atoms with van der Waals surface area (Å²) in [6, 6.07) is 13.7. The minimum atomic E-state index is -0.393. The molecule has 1 unspecified atom stereocenters. The highest BCUT2D eigenvalue weighted by molar-refractivity contribution is 5.97. The summed E-state index contributed by atoms with van der Waals surface area (Å²) in [5, 5.41) is 21.5. The summed E-state index contributed by atoms with van der Waals surface area (Å²) in [4.78, 5) is 24.2. The molecular weight excluding hydrogens is 334 g/mol. The Morgan fingerprint density at radius 2 is 2.04 bits per heavy atom. The molecule has 0 bridgehead atoms. The number of carbonyl (C=O) groups excluding carboxylic acids is 2. The summed E-state index contributed by atoms with van der Waals surface area (Å²) in [7, 11) is 0. The van der Waals surface area contributed by atoms with Crippen LogP contribution in [0.15, 0.2) is 65.1 Å². The van der Waals surface area contributed by atoms with E-state index in [1.807, 2.05) is 12.1 Å². The van der Waals surface area contributed by atoms with Gasteiger partial charge in [0.05, 0.1) is 5.69 Å². The van der Waals surface area contributed by atoms with Crippen molar-refractivity contribution >= 4 is 11.8 Å². The average Bonchev–Trinajstić information content (AvgIpc) is 3.22. The summed E-state index contributed by atoms with van der Waals surface area (Å²) in [5.41, 5.74) is 2.42. The Hall–Kier alpha value is -3.75. The Morgan fingerprint density at radius 1 is 1.15 bits per heavy atom. The second kappa shape index (κ2) is 6.63. The largest absolute Gasteiger partial charge is 0.349 e. The molecule has 0 aliphatic carbocycles. The number of hydrogen-bond acceptors (Lipinski definition) is 6. The maximum atomic E-state index is 12.5. The van der Waals surface area contributed by atoms with E-state index in [-0.39, 0.29) is 18.4 Å². The van der Waals surface area contributed by atoms with E-state index in [4.69, 9.17) is 0 Å². The first kappa shape index (κ1) is 15.8. The van der Waals surface area contributed by atoms with Gasteiger partial charge in [-0.05, 0) is 40.3 Å². The van der Waals surface area contributed by atoms with Crippen LogP contribution in [0.4, 0.5) is 0 Å². The van der Waals surface area contributed by atoms with Crippen LogP contribution < -0.4 is 5.32 Å². The number of benzene rings is 2. The zero-order valence-corrected chi connectivity index (χ0v) is 13.5. The fourth-order valence-corrected chi connectivity index (χ4v) is 2.73. The first-order chi connectivity index (χ1) is 12.7. The molecule has 0 saturated carbocycles. The zero-order valence-electron chi connectivity index (χ0n) is 13.5. The normalized spacial score (nSPS) is 15.5. The first-order valence-corrected chi connectivity index (χ1v) is 7.88. The van der Waals surface area contributed by atoms with Gasteiger partial charge in [-0.3, -0.25) is 9.59 Å². The first-order valence-electron chi connectivity index (χ1n) is 7.88. The van der Waals surface area contributed by atoms with E-state index in [0.717, 1.165) is 5.56 Å². The molecule has 0 saturated heterocycles. The molecule has 1 N–H and O–H groups in total. The van der Waals surface area contributed by atoms with Gasteiger partial charge < -0.3 is 5.32 Å². The van der Waals surface area contributed by atoms with Crippen molar-refractivity contribution in [1.29, 1.82) is 0 Å². The van der Waals surface area contributed by atoms with Crippen LogP contribution in [0, 0.1) is 0 Å². The minimum Gasteiger partial charge on any atom is -0.349 e. The number of nitrogens with one attached hydrogen (secondary N) is 1. The van der Waals surface area contributed by atoms with Crippen LogP contribution in [0.25, 0.3) is 5.69 Å². The number of nitrogens with zero attached hydrogens (tertiary/aromatic N) is 6. The highest BCUT2D eigenvalue weighted by Gasteiger charge is 2.23. The molecule has 9 nitrogen and oxygen atoms in total. The van der Waals surface area contributed by atoms with Gasteiger partial charge in [0.1, 0.15) is 12.4 Å². The molecule has 1 aromatic heterocycles. The monoisotopic (exact) mass is 347 g/mol. The van der Waals surface area contributed by atoms with E-state index in [2.05, 4.69) is 31.1 Å². The van der Waals surface area contributed by atoms with Crippen molar-refractivity contribution in [3.8, 4) is 5.69 Å². The smallest absolute Gasteiger partial charge is 0.295 e. The van der Waals surface area contributed by atoms with E-state index in [1.54, 1.807) is 36.4 Å². The maximum absolute atomic E-state index is 12.5. The average molecular weight is 347 g/mol. The lowest BCUT2D eigenvalue weighted by atomic mass is 9.99. The Balaban J connectivity index is 1.49. The quantitative estimate of drug-likeness (QED) is 0.772. The van der Waals surface area contributed by atoms with Crippen LogP contribution in [0.1, 0.15) is 32.3 Å². The van der Waals surface area contributed by atoms with E-state index in [9.17, 15) is 9.59 Å². The molecular formula is C17H13N7O2. The van der Waals surface area contributed by atoms with Gasteiger partial charge in [0.15, 0.2) is 0 Å². The van der Waals surface area contributed by atoms with Crippen molar-refractivity contribution in [2.24, 2.45) is 10.2 Å². The Morgan fingerprint density at radius 3 is 2.88 bits per heavy atom. The topological polar surface area (TPSA) is 114 Å². The Labute approximate surface area is 147 Å². The van der Waals surface area contributed by atoms with E-state index in [0.29, 0.717) is 16.8 Å². The summed E-state index contributed by atoms with van der Waals surface area (Å²) >= 11 is 0. The molecule has 9 heteroatoms. The van der Waals surface area contributed by atoms with Crippen molar-refractivity contribution < 1.29 is 9.59 Å². The zero-order chi connectivity index (χ0) is 17.9. The SMILES string of the molecule is O=C(NCC1N=NC(=O)c2ccccc21)c1cccc(-n2cnnn2)c1. The predicted octanol–water partition coefficient (Wildman–Crippen LogP) is 1.74. The molecule has 128 valence electrons. The summed E-state index contributed by atoms with van der Waals surface area (Å²) in [6.07, 6.45) is 1.45. The van der Waals surface area contributed by atoms with Crippen molar-refractivity contribution in [3.63, 3.8) is 0 Å². The molecule has 2 aromatic carbocycles. The molecule has 0 spiro atoms. The number of fused-ring (bicyclic) bond motifs is 1. The number of hydrogen-bond donors (Lipinski definition) is 1. The summed E-state index contributed by atoms with van der Waals surface area (Å²) in [6.45, 7) is 0.238. The molecule has 3 aromatic rings. The maximum Gasteiger partial charge on any atom is 0.295 e. The third kappa shape index (κ3) is 2.97. The van der Waals surface area contributed by atoms with Crippen LogP contribution in [0.5, 0.6) is 0 Å². The molecule has 26 heavy (non-hydrogen) atoms. The molecule has 2 amide bonds. The third-order valence-electron chi connectivity index (χ3n) is 4.02. The third-order valence-corrected chi connectivity index (χ3v) is 4.02. The molecule has 1 aliphatic rings. The number of aromatic nitrogens is 4. The van der Waals surface area contributed by atoms with Gasteiger partial charge in [0.25, 0.3) is 11.8 Å². The second-order valence-corrected chi connectivity index (χ2v) is 5.64. The lowest BCUT2D eigenvalue weighted by Crippen LogP contribution is -2.29. The van der Waals surface area contributed by atoms with Crippen molar-refractivity contribution in [3.05, 3.63) is 71.5 Å². The van der Waals surface area contributed by atoms with E-state index >= 15 is 0 Å². The lowest BCUT2D eigenvalue weighted by Gasteiger charge is -2.18. The summed E-state index contributed by atoms with van der Waals surface area (Å²) in [5.74, 6) is -0.623. The number of amides is 2. The van der Waals surface area contributed by atoms with Crippen LogP contribution in [0.2, 0.25) is 0 Å². The van der Waals surface area contributed by atoms with E-state index in [1.165, 1.54) is 11.0 Å². The van der Waals surface area contributed by atoms with Crippen LogP contribution in [-0.4, -0.2) is 38.6 Å². The highest BCUT2D eigenvalue weighted by Crippen LogP contribution is 2.26. The predicted molar refractivity (Wildman–Crippen MR) is 89.9 cm³/mol. The van der Waals surface area contributed by atoms with Crippen molar-refractivity contribution in [1.82, 2.24) is 25.5 Å². The second-order valence-electron chi connectivity index (χ2n) is 5.64. The number of rotatable bonds is 4. The Bertz CT molecular complexity index is 998. The van der Waals surface area contributed by atoms with Gasteiger partial charge in [-0.15, -0.1) is 10.2 Å². The number of azo groups is 1. The van der Waals surface area contributed by atoms with Gasteiger partial charge in [-0.1, -0.05) is 24.3 Å². The van der Waals surface area contributed by atoms with Crippen molar-refractivity contribution in [2.45, 2.75) is 6.04 Å². The molecule has 1 aliphatic heterocycles. The lowest BCUT2D eigenvalue weighted by molar-refractivity contribution is 0.0950. The van der Waals surface area contributed by atoms with Crippen molar-refractivity contribution in [2.75, 3.05) is 6.54 Å². The summed E-state index contributed by atoms with van der Waals surface area (Å²) < 4.78 is 1.47. The molecule has 1 atom stereocenters. The molecule has 0 radical (unpaired) electrons. The fourth-order valence-electron chi connectivity index (χ4n) is 2.73. The standard InChI is InChI=1S/C17H13N7O2/c25-16(11-4-3-5-12(8-11)24-10-19-22-23-24)18-9-15-13-6-1-2-7-14(13)17(26)21-20-15/h1-8,10,15H,9H2,(H,18,25). The van der Waals surface area contributed by atoms with Gasteiger partial charge in [-0.2, -0.15) is 5.11 Å². The fraction of sp³-hybridized carbons (Fsp3) is 0.118. The molecule has 4 rings (SSSR count). The van der Waals surface area contributed by atoms with Gasteiger partial charge in [0.2, 0.25) is 0 Å². The van der Waals surface area contributed by atoms with Gasteiger partial charge >= 0.3 is 0 Å². The van der Waals surface area contributed by atoms with Gasteiger partial charge in [-0.25, -0.2) is 4.68 Å². The van der Waals surface area contributed by atoms with Crippen LogP contribution >= 0.6 is 0 Å². The van der Waals surface area contributed by atoms with Crippen LogP contribution in [-0.2, 0) is 0 Å². The van der Waals surface area contributed by atoms with E-state index < -0.39 is 6.04 Å². The Kier molecular flexibility index (Phi) is 4.02. The molecule has 2 heterocycles. The van der Waals surface area contributed by atoms with Crippen LogP contribution in [0.3, 0.4) is 0 Å². The molecule has 0 fully saturated rings. The van der Waals surface area contributed by atoms with Gasteiger partial charge in [0, 0.05) is 17.7 Å². The highest BCUT2D eigenvalue weighted by atomic mass is 16.2. The minimum absolute atomic E-state index is 0.238. The number of carbonyl (C=O) groups is 2.